The van der Waals surface area contributed by atoms with Crippen LogP contribution in [0.15, 0.2) is 18.2 Å². The smallest absolute Gasteiger partial charge is 0.325 e. The largest absolute Gasteiger partial charge is 0.495 e. The summed E-state index contributed by atoms with van der Waals surface area (Å²) in [6.07, 6.45) is 2.21. The van der Waals surface area contributed by atoms with E-state index in [1.54, 1.807) is 7.11 Å². The van der Waals surface area contributed by atoms with E-state index < -0.39 is 0 Å². The number of hydrogen-bond acceptors (Lipinski definition) is 6. The molecule has 2 amide bonds. The van der Waals surface area contributed by atoms with E-state index >= 15 is 0 Å². The molecule has 0 saturated heterocycles. The van der Waals surface area contributed by atoms with Crippen molar-refractivity contribution < 1.29 is 9.53 Å². The molecule has 8 heteroatoms. The van der Waals surface area contributed by atoms with Crippen LogP contribution < -0.4 is 20.3 Å². The number of methoxy groups -OCH3 is 1. The first-order chi connectivity index (χ1) is 11.5. The second kappa shape index (κ2) is 8.49. The van der Waals surface area contributed by atoms with Gasteiger partial charge in [-0.25, -0.2) is 4.79 Å². The van der Waals surface area contributed by atoms with Gasteiger partial charge in [-0.2, -0.15) is 0 Å². The third-order valence-corrected chi connectivity index (χ3v) is 4.36. The normalized spacial score (nSPS) is 10.3. The lowest BCUT2D eigenvalue weighted by Crippen LogP contribution is -2.19. The highest BCUT2D eigenvalue weighted by Gasteiger charge is 2.12. The standard InChI is InChI=1S/C16H23N5O2S/c1-5-6-9-21(3)16-20-19-15(24-16)18-14(22)17-12-10-11(2)7-8-13(12)23-4/h7-8,10H,5-6,9H2,1-4H3,(H2,17,18,19,22). The summed E-state index contributed by atoms with van der Waals surface area (Å²) >= 11 is 1.34. The number of benzene rings is 1. The fourth-order valence-corrected chi connectivity index (χ4v) is 2.81. The van der Waals surface area contributed by atoms with Gasteiger partial charge in [0.25, 0.3) is 0 Å². The lowest BCUT2D eigenvalue weighted by Gasteiger charge is -2.13. The number of anilines is 3. The zero-order valence-electron chi connectivity index (χ0n) is 14.4. The molecule has 2 rings (SSSR count). The Balaban J connectivity index is 1.98. The zero-order chi connectivity index (χ0) is 17.5. The maximum absolute atomic E-state index is 12.2. The van der Waals surface area contributed by atoms with Gasteiger partial charge in [-0.05, 0) is 31.0 Å². The molecule has 0 atom stereocenters. The fraction of sp³-hybridized carbons (Fsp3) is 0.438. The van der Waals surface area contributed by atoms with Crippen LogP contribution in [0, 0.1) is 6.92 Å². The number of urea groups is 1. The van der Waals surface area contributed by atoms with Crippen LogP contribution in [-0.4, -0.2) is 36.9 Å². The van der Waals surface area contributed by atoms with Crippen molar-refractivity contribution >= 4 is 33.3 Å². The molecule has 1 aromatic carbocycles. The van der Waals surface area contributed by atoms with E-state index in [1.807, 2.05) is 37.1 Å². The number of carbonyl (C=O) groups is 1. The Bertz CT molecular complexity index is 689. The predicted octanol–water partition coefficient (Wildman–Crippen LogP) is 3.74. The Kier molecular flexibility index (Phi) is 6.36. The number of hydrogen-bond donors (Lipinski definition) is 2. The molecule has 2 aromatic rings. The molecule has 24 heavy (non-hydrogen) atoms. The summed E-state index contributed by atoms with van der Waals surface area (Å²) in [5, 5.41) is 14.8. The van der Waals surface area contributed by atoms with Crippen molar-refractivity contribution in [3.63, 3.8) is 0 Å². The summed E-state index contributed by atoms with van der Waals surface area (Å²) in [5.74, 6) is 0.605. The molecule has 0 aliphatic heterocycles. The number of amides is 2. The molecule has 1 aromatic heterocycles. The van der Waals surface area contributed by atoms with Crippen LogP contribution in [0.4, 0.5) is 20.7 Å². The second-order valence-electron chi connectivity index (χ2n) is 5.45. The van der Waals surface area contributed by atoms with Crippen LogP contribution in [0.3, 0.4) is 0 Å². The fourth-order valence-electron chi connectivity index (χ4n) is 2.08. The lowest BCUT2D eigenvalue weighted by atomic mass is 10.2. The highest BCUT2D eigenvalue weighted by Crippen LogP contribution is 2.26. The van der Waals surface area contributed by atoms with E-state index in [0.717, 1.165) is 30.1 Å². The van der Waals surface area contributed by atoms with Crippen LogP contribution in [-0.2, 0) is 0 Å². The van der Waals surface area contributed by atoms with Crippen LogP contribution in [0.5, 0.6) is 5.75 Å². The number of rotatable bonds is 7. The van der Waals surface area contributed by atoms with Crippen LogP contribution in [0.1, 0.15) is 25.3 Å². The molecule has 7 nitrogen and oxygen atoms in total. The van der Waals surface area contributed by atoms with Crippen molar-refractivity contribution in [2.45, 2.75) is 26.7 Å². The summed E-state index contributed by atoms with van der Waals surface area (Å²) in [4.78, 5) is 14.2. The number of nitrogens with zero attached hydrogens (tertiary/aromatic N) is 3. The van der Waals surface area contributed by atoms with Crippen molar-refractivity contribution in [2.24, 2.45) is 0 Å². The summed E-state index contributed by atoms with van der Waals surface area (Å²) in [6.45, 7) is 5.01. The van der Waals surface area contributed by atoms with E-state index in [-0.39, 0.29) is 6.03 Å². The summed E-state index contributed by atoms with van der Waals surface area (Å²) in [6, 6.07) is 5.21. The van der Waals surface area contributed by atoms with E-state index in [9.17, 15) is 4.79 Å². The number of unbranched alkanes of at least 4 members (excludes halogenated alkanes) is 1. The third kappa shape index (κ3) is 4.82. The SMILES string of the molecule is CCCCN(C)c1nnc(NC(=O)Nc2cc(C)ccc2OC)s1. The minimum absolute atomic E-state index is 0.377. The van der Waals surface area contributed by atoms with Gasteiger partial charge in [-0.15, -0.1) is 10.2 Å². The monoisotopic (exact) mass is 349 g/mol. The molecular weight excluding hydrogens is 326 g/mol. The Labute approximate surface area is 146 Å². The Morgan fingerprint density at radius 3 is 2.83 bits per heavy atom. The Hall–Kier alpha value is -2.35. The zero-order valence-corrected chi connectivity index (χ0v) is 15.2. The molecule has 0 bridgehead atoms. The van der Waals surface area contributed by atoms with Gasteiger partial charge in [0.05, 0.1) is 12.8 Å². The minimum Gasteiger partial charge on any atom is -0.495 e. The molecule has 1 heterocycles. The van der Waals surface area contributed by atoms with Gasteiger partial charge in [-0.3, -0.25) is 5.32 Å². The maximum atomic E-state index is 12.2. The summed E-state index contributed by atoms with van der Waals surface area (Å²) in [5.41, 5.74) is 1.64. The van der Waals surface area contributed by atoms with Crippen molar-refractivity contribution in [2.75, 3.05) is 36.2 Å². The van der Waals surface area contributed by atoms with Gasteiger partial charge in [-0.1, -0.05) is 30.7 Å². The second-order valence-corrected chi connectivity index (χ2v) is 6.40. The number of aryl methyl sites for hydroxylation is 1. The molecule has 0 aliphatic carbocycles. The van der Waals surface area contributed by atoms with E-state index in [1.165, 1.54) is 11.3 Å². The minimum atomic E-state index is -0.377. The topological polar surface area (TPSA) is 79.4 Å². The first kappa shape index (κ1) is 18.0. The number of carbonyl (C=O) groups excluding carboxylic acids is 1. The van der Waals surface area contributed by atoms with Crippen molar-refractivity contribution in [3.05, 3.63) is 23.8 Å². The predicted molar refractivity (Wildman–Crippen MR) is 98.5 cm³/mol. The van der Waals surface area contributed by atoms with Crippen molar-refractivity contribution in [1.82, 2.24) is 10.2 Å². The molecule has 2 N–H and O–H groups in total. The average molecular weight is 349 g/mol. The molecule has 0 saturated carbocycles. The van der Waals surface area contributed by atoms with E-state index in [0.29, 0.717) is 16.6 Å². The molecule has 0 fully saturated rings. The van der Waals surface area contributed by atoms with Crippen molar-refractivity contribution in [1.29, 1.82) is 0 Å². The number of aromatic nitrogens is 2. The molecular formula is C16H23N5O2S. The number of nitrogens with one attached hydrogen (secondary N) is 2. The van der Waals surface area contributed by atoms with Gasteiger partial charge in [0.2, 0.25) is 10.3 Å². The molecule has 130 valence electrons. The Morgan fingerprint density at radius 1 is 1.33 bits per heavy atom. The molecule has 0 aliphatic rings. The molecule has 0 spiro atoms. The van der Waals surface area contributed by atoms with Gasteiger partial charge in [0.1, 0.15) is 5.75 Å². The van der Waals surface area contributed by atoms with Gasteiger partial charge in [0.15, 0.2) is 0 Å². The first-order valence-corrected chi connectivity index (χ1v) is 8.62. The lowest BCUT2D eigenvalue weighted by molar-refractivity contribution is 0.262. The van der Waals surface area contributed by atoms with Crippen molar-refractivity contribution in [3.8, 4) is 5.75 Å². The maximum Gasteiger partial charge on any atom is 0.325 e. The third-order valence-electron chi connectivity index (χ3n) is 3.41. The molecule has 0 unspecified atom stereocenters. The number of ether oxygens (including phenoxy) is 1. The highest BCUT2D eigenvalue weighted by atomic mass is 32.1. The van der Waals surface area contributed by atoms with Gasteiger partial charge < -0.3 is 15.0 Å². The van der Waals surface area contributed by atoms with E-state index in [4.69, 9.17) is 4.74 Å². The van der Waals surface area contributed by atoms with Gasteiger partial charge >= 0.3 is 6.03 Å². The molecule has 0 radical (unpaired) electrons. The summed E-state index contributed by atoms with van der Waals surface area (Å²) in [7, 11) is 3.54. The quantitative estimate of drug-likeness (QED) is 0.796. The Morgan fingerprint density at radius 2 is 2.12 bits per heavy atom. The first-order valence-electron chi connectivity index (χ1n) is 7.80. The van der Waals surface area contributed by atoms with Crippen LogP contribution in [0.25, 0.3) is 0 Å². The van der Waals surface area contributed by atoms with Gasteiger partial charge in [0, 0.05) is 13.6 Å². The van der Waals surface area contributed by atoms with Crippen LogP contribution in [0.2, 0.25) is 0 Å². The van der Waals surface area contributed by atoms with Crippen LogP contribution >= 0.6 is 11.3 Å². The highest BCUT2D eigenvalue weighted by molar-refractivity contribution is 7.19. The summed E-state index contributed by atoms with van der Waals surface area (Å²) < 4.78 is 5.25. The van der Waals surface area contributed by atoms with E-state index in [2.05, 4.69) is 27.8 Å². The average Bonchev–Trinajstić information content (AvgIpc) is 3.01.